The smallest absolute Gasteiger partial charge is 0.258 e. The first-order valence-electron chi connectivity index (χ1n) is 5.67. The van der Waals surface area contributed by atoms with E-state index in [4.69, 9.17) is 18.0 Å². The fourth-order valence-corrected chi connectivity index (χ4v) is 1.80. The van der Waals surface area contributed by atoms with Gasteiger partial charge in [0.15, 0.2) is 0 Å². The Hall–Kier alpha value is -2.27. The number of anilines is 1. The average Bonchev–Trinajstić information content (AvgIpc) is 2.46. The van der Waals surface area contributed by atoms with Crippen molar-refractivity contribution in [2.24, 2.45) is 5.73 Å². The van der Waals surface area contributed by atoms with Gasteiger partial charge >= 0.3 is 0 Å². The van der Waals surface area contributed by atoms with Crippen molar-refractivity contribution in [2.75, 3.05) is 11.9 Å². The van der Waals surface area contributed by atoms with Gasteiger partial charge in [-0.2, -0.15) is 0 Å². The molecule has 96 valence electrons. The molecular weight excluding hydrogens is 258 g/mol. The van der Waals surface area contributed by atoms with Crippen molar-refractivity contribution in [1.29, 1.82) is 0 Å². The second-order valence-corrected chi connectivity index (χ2v) is 4.46. The minimum Gasteiger partial charge on any atom is -0.389 e. The number of aromatic nitrogens is 1. The van der Waals surface area contributed by atoms with Crippen molar-refractivity contribution < 1.29 is 4.79 Å². The maximum atomic E-state index is 12.3. The second-order valence-electron chi connectivity index (χ2n) is 4.02. The molecule has 1 heterocycles. The van der Waals surface area contributed by atoms with Crippen LogP contribution in [0.5, 0.6) is 0 Å². The number of nitrogens with two attached hydrogens (primary N) is 1. The van der Waals surface area contributed by atoms with Crippen molar-refractivity contribution >= 4 is 28.8 Å². The number of carbonyl (C=O) groups is 1. The number of nitrogens with zero attached hydrogens (tertiary/aromatic N) is 2. The van der Waals surface area contributed by atoms with Crippen LogP contribution in [0, 0.1) is 0 Å². The lowest BCUT2D eigenvalue weighted by Crippen LogP contribution is -2.26. The molecule has 0 bridgehead atoms. The van der Waals surface area contributed by atoms with Gasteiger partial charge in [-0.15, -0.1) is 0 Å². The molecule has 0 spiro atoms. The number of benzene rings is 1. The first-order chi connectivity index (χ1) is 9.09. The van der Waals surface area contributed by atoms with E-state index in [2.05, 4.69) is 4.98 Å². The van der Waals surface area contributed by atoms with Crippen LogP contribution in [0.4, 0.5) is 5.69 Å². The van der Waals surface area contributed by atoms with Crippen LogP contribution in [0.3, 0.4) is 0 Å². The molecule has 0 aliphatic carbocycles. The van der Waals surface area contributed by atoms with E-state index < -0.39 is 0 Å². The maximum absolute atomic E-state index is 12.3. The number of amides is 1. The quantitative estimate of drug-likeness (QED) is 0.867. The van der Waals surface area contributed by atoms with Crippen molar-refractivity contribution in [2.45, 2.75) is 0 Å². The molecule has 1 aromatic heterocycles. The lowest BCUT2D eigenvalue weighted by atomic mass is 10.1. The molecule has 0 saturated heterocycles. The van der Waals surface area contributed by atoms with Crippen molar-refractivity contribution in [3.63, 3.8) is 0 Å². The van der Waals surface area contributed by atoms with E-state index in [1.807, 2.05) is 6.07 Å². The molecule has 0 aliphatic heterocycles. The van der Waals surface area contributed by atoms with Gasteiger partial charge in [0.25, 0.3) is 5.91 Å². The van der Waals surface area contributed by atoms with Gasteiger partial charge in [0, 0.05) is 24.4 Å². The standard InChI is InChI=1S/C14H13N3OS/c1-17(12-6-3-7-16-9-12)14(18)11-5-2-4-10(8-11)13(15)19/h2-9H,1H3,(H2,15,19). The molecule has 1 aromatic carbocycles. The van der Waals surface area contributed by atoms with Crippen LogP contribution in [-0.2, 0) is 0 Å². The Morgan fingerprint density at radius 3 is 2.63 bits per heavy atom. The molecule has 2 rings (SSSR count). The molecule has 19 heavy (non-hydrogen) atoms. The molecule has 4 nitrogen and oxygen atoms in total. The Bertz CT molecular complexity index is 613. The van der Waals surface area contributed by atoms with Crippen LogP contribution in [-0.4, -0.2) is 22.9 Å². The highest BCUT2D eigenvalue weighted by molar-refractivity contribution is 7.80. The van der Waals surface area contributed by atoms with Gasteiger partial charge in [0.05, 0.1) is 11.9 Å². The first-order valence-corrected chi connectivity index (χ1v) is 6.08. The molecule has 0 aliphatic rings. The third-order valence-electron chi connectivity index (χ3n) is 2.73. The molecule has 2 N–H and O–H groups in total. The summed E-state index contributed by atoms with van der Waals surface area (Å²) in [6.07, 6.45) is 3.30. The highest BCUT2D eigenvalue weighted by Gasteiger charge is 2.14. The van der Waals surface area contributed by atoms with Crippen LogP contribution in [0.25, 0.3) is 0 Å². The average molecular weight is 271 g/mol. The van der Waals surface area contributed by atoms with E-state index in [9.17, 15) is 4.79 Å². The van der Waals surface area contributed by atoms with E-state index in [1.165, 1.54) is 4.90 Å². The molecule has 0 fully saturated rings. The Morgan fingerprint density at radius 2 is 2.00 bits per heavy atom. The van der Waals surface area contributed by atoms with Crippen LogP contribution in [0.2, 0.25) is 0 Å². The zero-order chi connectivity index (χ0) is 13.8. The third kappa shape index (κ3) is 2.95. The minimum atomic E-state index is -0.133. The molecule has 1 amide bonds. The number of pyridine rings is 1. The van der Waals surface area contributed by atoms with Crippen molar-refractivity contribution in [1.82, 2.24) is 4.98 Å². The van der Waals surface area contributed by atoms with Gasteiger partial charge in [-0.3, -0.25) is 9.78 Å². The minimum absolute atomic E-state index is 0.133. The van der Waals surface area contributed by atoms with E-state index in [0.717, 1.165) is 5.69 Å². The lowest BCUT2D eigenvalue weighted by molar-refractivity contribution is 0.0993. The number of hydrogen-bond donors (Lipinski definition) is 1. The second kappa shape index (κ2) is 5.58. The predicted molar refractivity (Wildman–Crippen MR) is 79.3 cm³/mol. The first kappa shape index (κ1) is 13.2. The Morgan fingerprint density at radius 1 is 1.26 bits per heavy atom. The number of thiocarbonyl (C=S) groups is 1. The summed E-state index contributed by atoms with van der Waals surface area (Å²) >= 11 is 4.91. The highest BCUT2D eigenvalue weighted by atomic mass is 32.1. The zero-order valence-corrected chi connectivity index (χ0v) is 11.2. The monoisotopic (exact) mass is 271 g/mol. The van der Waals surface area contributed by atoms with E-state index in [1.54, 1.807) is 49.8 Å². The highest BCUT2D eigenvalue weighted by Crippen LogP contribution is 2.14. The fourth-order valence-electron chi connectivity index (χ4n) is 1.67. The van der Waals surface area contributed by atoms with E-state index in [0.29, 0.717) is 11.1 Å². The van der Waals surface area contributed by atoms with E-state index >= 15 is 0 Å². The van der Waals surface area contributed by atoms with Crippen LogP contribution in [0.1, 0.15) is 15.9 Å². The predicted octanol–water partition coefficient (Wildman–Crippen LogP) is 1.99. The number of rotatable bonds is 3. The van der Waals surface area contributed by atoms with Crippen LogP contribution >= 0.6 is 12.2 Å². The normalized spacial score (nSPS) is 9.95. The zero-order valence-electron chi connectivity index (χ0n) is 10.4. The summed E-state index contributed by atoms with van der Waals surface area (Å²) in [7, 11) is 1.70. The third-order valence-corrected chi connectivity index (χ3v) is 2.97. The Balaban J connectivity index is 2.29. The summed E-state index contributed by atoms with van der Waals surface area (Å²) in [6, 6.07) is 10.6. The summed E-state index contributed by atoms with van der Waals surface area (Å²) < 4.78 is 0. The fraction of sp³-hybridized carbons (Fsp3) is 0.0714. The molecule has 0 unspecified atom stereocenters. The Kier molecular flexibility index (Phi) is 3.87. The van der Waals surface area contributed by atoms with Crippen molar-refractivity contribution in [3.8, 4) is 0 Å². The van der Waals surface area contributed by atoms with Gasteiger partial charge < -0.3 is 10.6 Å². The topological polar surface area (TPSA) is 59.2 Å². The summed E-state index contributed by atoms with van der Waals surface area (Å²) in [5.74, 6) is -0.133. The molecule has 0 radical (unpaired) electrons. The largest absolute Gasteiger partial charge is 0.389 e. The summed E-state index contributed by atoms with van der Waals surface area (Å²) in [5.41, 5.74) is 7.52. The maximum Gasteiger partial charge on any atom is 0.258 e. The van der Waals surface area contributed by atoms with Crippen LogP contribution < -0.4 is 10.6 Å². The SMILES string of the molecule is CN(C(=O)c1cccc(C(N)=S)c1)c1cccnc1. The molecule has 2 aromatic rings. The summed E-state index contributed by atoms with van der Waals surface area (Å²) in [4.78, 5) is 18.1. The van der Waals surface area contributed by atoms with Gasteiger partial charge in [-0.25, -0.2) is 0 Å². The van der Waals surface area contributed by atoms with Crippen LogP contribution in [0.15, 0.2) is 48.8 Å². The summed E-state index contributed by atoms with van der Waals surface area (Å²) in [6.45, 7) is 0. The van der Waals surface area contributed by atoms with Gasteiger partial charge in [-0.1, -0.05) is 24.4 Å². The number of carbonyl (C=O) groups excluding carboxylic acids is 1. The molecule has 0 saturated carbocycles. The van der Waals surface area contributed by atoms with Gasteiger partial charge in [-0.05, 0) is 24.3 Å². The number of hydrogen-bond acceptors (Lipinski definition) is 3. The van der Waals surface area contributed by atoms with Gasteiger partial charge in [0.2, 0.25) is 0 Å². The molecule has 5 heteroatoms. The lowest BCUT2D eigenvalue weighted by Gasteiger charge is -2.17. The Labute approximate surface area is 116 Å². The van der Waals surface area contributed by atoms with Crippen molar-refractivity contribution in [3.05, 3.63) is 59.9 Å². The summed E-state index contributed by atoms with van der Waals surface area (Å²) in [5, 5.41) is 0. The van der Waals surface area contributed by atoms with Gasteiger partial charge in [0.1, 0.15) is 4.99 Å². The molecule has 0 atom stereocenters. The molecular formula is C14H13N3OS. The van der Waals surface area contributed by atoms with E-state index in [-0.39, 0.29) is 10.9 Å².